The van der Waals surface area contributed by atoms with Gasteiger partial charge in [-0.2, -0.15) is 0 Å². The smallest absolute Gasteiger partial charge is 0.242 e. The number of sulfonamides is 1. The molecule has 6 heteroatoms. The van der Waals surface area contributed by atoms with E-state index in [2.05, 4.69) is 4.72 Å². The van der Waals surface area contributed by atoms with E-state index >= 15 is 0 Å². The molecular weight excluding hydrogens is 324 g/mol. The van der Waals surface area contributed by atoms with Crippen molar-refractivity contribution >= 4 is 21.6 Å². The van der Waals surface area contributed by atoms with Crippen LogP contribution in [-0.4, -0.2) is 27.4 Å². The summed E-state index contributed by atoms with van der Waals surface area (Å²) in [6.45, 7) is 4.04. The number of hydrogen-bond donors (Lipinski definition) is 1. The molecule has 0 aliphatic carbocycles. The van der Waals surface area contributed by atoms with E-state index in [1.54, 1.807) is 29.2 Å². The van der Waals surface area contributed by atoms with E-state index in [1.807, 2.05) is 44.2 Å². The van der Waals surface area contributed by atoms with Gasteiger partial charge in [0.2, 0.25) is 15.9 Å². The summed E-state index contributed by atoms with van der Waals surface area (Å²) in [6.07, 6.45) is 0.842. The van der Waals surface area contributed by atoms with Crippen molar-refractivity contribution < 1.29 is 13.2 Å². The van der Waals surface area contributed by atoms with Crippen molar-refractivity contribution in [3.8, 4) is 0 Å². The molecule has 2 aromatic rings. The van der Waals surface area contributed by atoms with Gasteiger partial charge in [0.1, 0.15) is 0 Å². The lowest BCUT2D eigenvalue weighted by atomic mass is 10.2. The van der Waals surface area contributed by atoms with Crippen LogP contribution in [0.1, 0.15) is 19.4 Å². The van der Waals surface area contributed by atoms with Crippen LogP contribution >= 0.6 is 0 Å². The Morgan fingerprint density at radius 3 is 2.17 bits per heavy atom. The quantitative estimate of drug-likeness (QED) is 0.838. The van der Waals surface area contributed by atoms with E-state index in [-0.39, 0.29) is 17.3 Å². The van der Waals surface area contributed by atoms with E-state index in [0.717, 1.165) is 17.7 Å². The number of carbonyl (C=O) groups is 1. The summed E-state index contributed by atoms with van der Waals surface area (Å²) in [4.78, 5) is 14.1. The molecule has 1 amide bonds. The number of nitrogens with zero attached hydrogens (tertiary/aromatic N) is 1. The molecule has 0 aliphatic heterocycles. The zero-order chi connectivity index (χ0) is 17.6. The first-order valence-electron chi connectivity index (χ1n) is 7.92. The number of amides is 1. The molecule has 1 N–H and O–H groups in total. The highest BCUT2D eigenvalue weighted by Gasteiger charge is 2.19. The van der Waals surface area contributed by atoms with Gasteiger partial charge in [0.05, 0.1) is 11.4 Å². The van der Waals surface area contributed by atoms with E-state index in [1.165, 1.54) is 0 Å². The second kappa shape index (κ2) is 8.08. The minimum absolute atomic E-state index is 0.162. The summed E-state index contributed by atoms with van der Waals surface area (Å²) in [5.74, 6) is -0.294. The van der Waals surface area contributed by atoms with Gasteiger partial charge in [-0.25, -0.2) is 13.1 Å². The van der Waals surface area contributed by atoms with Crippen LogP contribution in [0.2, 0.25) is 0 Å². The first kappa shape index (κ1) is 18.2. The second-order valence-corrected chi connectivity index (χ2v) is 7.06. The van der Waals surface area contributed by atoms with Crippen molar-refractivity contribution in [2.24, 2.45) is 0 Å². The number of anilines is 1. The number of carbonyl (C=O) groups excluding carboxylic acids is 1. The number of nitrogens with one attached hydrogen (secondary N) is 1. The highest BCUT2D eigenvalue weighted by atomic mass is 32.2. The monoisotopic (exact) mass is 346 g/mol. The van der Waals surface area contributed by atoms with Crippen LogP contribution in [0.3, 0.4) is 0 Å². The lowest BCUT2D eigenvalue weighted by Gasteiger charge is -2.21. The van der Waals surface area contributed by atoms with E-state index in [9.17, 15) is 13.2 Å². The van der Waals surface area contributed by atoms with E-state index < -0.39 is 10.0 Å². The predicted octanol–water partition coefficient (Wildman–Crippen LogP) is 2.58. The molecule has 5 nitrogen and oxygen atoms in total. The Morgan fingerprint density at radius 1 is 1.00 bits per heavy atom. The number of rotatable bonds is 7. The van der Waals surface area contributed by atoms with Gasteiger partial charge in [0.25, 0.3) is 0 Å². The Balaban J connectivity index is 2.06. The maximum atomic E-state index is 12.4. The summed E-state index contributed by atoms with van der Waals surface area (Å²) in [7, 11) is -3.70. The predicted molar refractivity (Wildman–Crippen MR) is 95.5 cm³/mol. The van der Waals surface area contributed by atoms with Crippen LogP contribution in [0, 0.1) is 0 Å². The average molecular weight is 346 g/mol. The number of aryl methyl sites for hydroxylation is 1. The maximum absolute atomic E-state index is 12.4. The van der Waals surface area contributed by atoms with E-state index in [0.29, 0.717) is 6.54 Å². The van der Waals surface area contributed by atoms with Crippen LogP contribution in [-0.2, 0) is 21.2 Å². The summed E-state index contributed by atoms with van der Waals surface area (Å²) in [6, 6.07) is 15.8. The number of para-hydroxylation sites is 1. The molecule has 0 unspecified atom stereocenters. The number of benzene rings is 2. The first-order valence-corrected chi connectivity index (χ1v) is 9.40. The fourth-order valence-electron chi connectivity index (χ4n) is 2.35. The first-order chi connectivity index (χ1) is 11.5. The molecule has 0 radical (unpaired) electrons. The van der Waals surface area contributed by atoms with Crippen molar-refractivity contribution in [2.45, 2.75) is 25.2 Å². The van der Waals surface area contributed by atoms with Crippen LogP contribution in [0.25, 0.3) is 0 Å². The normalized spacial score (nSPS) is 11.2. The minimum Gasteiger partial charge on any atom is -0.312 e. The standard InChI is InChI=1S/C18H22N2O3S/c1-3-15-10-12-17(13-11-15)24(22,23)19-14-18(21)20(4-2)16-8-6-5-7-9-16/h5-13,19H,3-4,14H2,1-2H3. The summed E-state index contributed by atoms with van der Waals surface area (Å²) in [5.41, 5.74) is 1.81. The molecule has 0 atom stereocenters. The molecule has 2 rings (SSSR count). The maximum Gasteiger partial charge on any atom is 0.242 e. The second-order valence-electron chi connectivity index (χ2n) is 5.30. The third-order valence-corrected chi connectivity index (χ3v) is 5.16. The largest absolute Gasteiger partial charge is 0.312 e. The van der Waals surface area contributed by atoms with Crippen molar-refractivity contribution in [1.82, 2.24) is 4.72 Å². The molecule has 0 spiro atoms. The molecule has 0 bridgehead atoms. The fraction of sp³-hybridized carbons (Fsp3) is 0.278. The van der Waals surface area contributed by atoms with E-state index in [4.69, 9.17) is 0 Å². The van der Waals surface area contributed by atoms with Gasteiger partial charge in [-0.15, -0.1) is 0 Å². The number of hydrogen-bond acceptors (Lipinski definition) is 3. The molecular formula is C18H22N2O3S. The highest BCUT2D eigenvalue weighted by molar-refractivity contribution is 7.89. The SMILES string of the molecule is CCc1ccc(S(=O)(=O)NCC(=O)N(CC)c2ccccc2)cc1. The molecule has 0 aromatic heterocycles. The van der Waals surface area contributed by atoms with Gasteiger partial charge in [0.15, 0.2) is 0 Å². The summed E-state index contributed by atoms with van der Waals surface area (Å²) < 4.78 is 27.0. The Labute approximate surface area is 143 Å². The molecule has 0 aliphatic rings. The molecule has 0 saturated heterocycles. The van der Waals surface area contributed by atoms with Crippen molar-refractivity contribution in [1.29, 1.82) is 0 Å². The number of likely N-dealkylation sites (N-methyl/N-ethyl adjacent to an activating group) is 1. The van der Waals surface area contributed by atoms with Gasteiger partial charge in [-0.05, 0) is 43.2 Å². The zero-order valence-corrected chi connectivity index (χ0v) is 14.7. The van der Waals surface area contributed by atoms with Crippen LogP contribution in [0.15, 0.2) is 59.5 Å². The van der Waals surface area contributed by atoms with Crippen LogP contribution < -0.4 is 9.62 Å². The Kier molecular flexibility index (Phi) is 6.11. The lowest BCUT2D eigenvalue weighted by Crippen LogP contribution is -2.40. The summed E-state index contributed by atoms with van der Waals surface area (Å²) in [5, 5.41) is 0. The molecule has 2 aromatic carbocycles. The topological polar surface area (TPSA) is 66.5 Å². The summed E-state index contributed by atoms with van der Waals surface area (Å²) >= 11 is 0. The Hall–Kier alpha value is -2.18. The third kappa shape index (κ3) is 4.43. The lowest BCUT2D eigenvalue weighted by molar-refractivity contribution is -0.117. The molecule has 0 heterocycles. The van der Waals surface area contributed by atoms with Crippen LogP contribution in [0.5, 0.6) is 0 Å². The minimum atomic E-state index is -3.70. The van der Waals surface area contributed by atoms with Gasteiger partial charge in [-0.3, -0.25) is 4.79 Å². The van der Waals surface area contributed by atoms with Gasteiger partial charge >= 0.3 is 0 Å². The van der Waals surface area contributed by atoms with Gasteiger partial charge in [-0.1, -0.05) is 37.3 Å². The molecule has 0 saturated carbocycles. The van der Waals surface area contributed by atoms with Crippen molar-refractivity contribution in [3.63, 3.8) is 0 Å². The zero-order valence-electron chi connectivity index (χ0n) is 13.9. The molecule has 128 valence electrons. The Bertz CT molecular complexity index is 772. The fourth-order valence-corrected chi connectivity index (χ4v) is 3.33. The van der Waals surface area contributed by atoms with Gasteiger partial charge in [0, 0.05) is 12.2 Å². The molecule has 0 fully saturated rings. The van der Waals surface area contributed by atoms with Crippen molar-refractivity contribution in [2.75, 3.05) is 18.0 Å². The Morgan fingerprint density at radius 2 is 1.62 bits per heavy atom. The van der Waals surface area contributed by atoms with Crippen LogP contribution in [0.4, 0.5) is 5.69 Å². The van der Waals surface area contributed by atoms with Gasteiger partial charge < -0.3 is 4.90 Å². The highest BCUT2D eigenvalue weighted by Crippen LogP contribution is 2.14. The average Bonchev–Trinajstić information content (AvgIpc) is 2.61. The van der Waals surface area contributed by atoms with Crippen molar-refractivity contribution in [3.05, 3.63) is 60.2 Å². The molecule has 24 heavy (non-hydrogen) atoms. The third-order valence-electron chi connectivity index (χ3n) is 3.74.